The lowest BCUT2D eigenvalue weighted by atomic mass is 10.1. The first-order chi connectivity index (χ1) is 15.5. The summed E-state index contributed by atoms with van der Waals surface area (Å²) in [6.07, 6.45) is -5.65. The van der Waals surface area contributed by atoms with Gasteiger partial charge in [-0.05, 0) is 53.6 Å². The van der Waals surface area contributed by atoms with E-state index in [0.717, 1.165) is 12.1 Å². The highest BCUT2D eigenvalue weighted by Crippen LogP contribution is 2.37. The van der Waals surface area contributed by atoms with Gasteiger partial charge in [0, 0.05) is 12.1 Å². The molecule has 0 bridgehead atoms. The van der Waals surface area contributed by atoms with E-state index < -0.39 is 33.8 Å². The summed E-state index contributed by atoms with van der Waals surface area (Å²) in [6.45, 7) is 0.184. The van der Waals surface area contributed by atoms with Gasteiger partial charge in [-0.1, -0.05) is 24.3 Å². The molecule has 0 spiro atoms. The van der Waals surface area contributed by atoms with Crippen LogP contribution in [0.2, 0.25) is 0 Å². The van der Waals surface area contributed by atoms with E-state index in [1.165, 1.54) is 36.4 Å². The van der Waals surface area contributed by atoms with E-state index in [1.54, 1.807) is 12.1 Å². The summed E-state index contributed by atoms with van der Waals surface area (Å²) in [5.74, 6) is -0.784. The molecule has 6 nitrogen and oxygen atoms in total. The zero-order chi connectivity index (χ0) is 23.8. The maximum absolute atomic E-state index is 13.0. The van der Waals surface area contributed by atoms with Crippen molar-refractivity contribution < 1.29 is 30.8 Å². The predicted octanol–water partition coefficient (Wildman–Crippen LogP) is 4.18. The molecule has 3 aromatic rings. The molecule has 172 valence electrons. The van der Waals surface area contributed by atoms with Crippen LogP contribution in [0.15, 0.2) is 71.6 Å². The number of halogens is 4. The summed E-state index contributed by atoms with van der Waals surface area (Å²) in [7, 11) is -4.06. The van der Waals surface area contributed by atoms with Crippen LogP contribution in [-0.4, -0.2) is 14.3 Å². The van der Waals surface area contributed by atoms with Crippen LogP contribution in [0.25, 0.3) is 0 Å². The van der Waals surface area contributed by atoms with Gasteiger partial charge in [0.25, 0.3) is 5.91 Å². The molecule has 0 fully saturated rings. The number of rotatable bonds is 4. The summed E-state index contributed by atoms with van der Waals surface area (Å²) in [5.41, 5.74) is 0.252. The lowest BCUT2D eigenvalue weighted by Gasteiger charge is -2.29. The molecule has 0 saturated carbocycles. The van der Waals surface area contributed by atoms with Crippen LogP contribution in [0.1, 0.15) is 33.2 Å². The largest absolute Gasteiger partial charge is 0.416 e. The Kier molecular flexibility index (Phi) is 5.85. The molecule has 0 unspecified atom stereocenters. The zero-order valence-electron chi connectivity index (χ0n) is 16.8. The fourth-order valence-corrected chi connectivity index (χ4v) is 4.61. The SMILES string of the molecule is O=C(NCc1ccc(F)cc1)c1ccc([C@@H]2Nc3cc(C(F)(F)F)ccc3S(=O)(=O)N2)cc1. The third kappa shape index (κ3) is 4.99. The normalized spacial score (nSPS) is 17.0. The first-order valence-corrected chi connectivity index (χ1v) is 11.1. The van der Waals surface area contributed by atoms with Crippen molar-refractivity contribution >= 4 is 21.6 Å². The van der Waals surface area contributed by atoms with Gasteiger partial charge in [-0.15, -0.1) is 0 Å². The van der Waals surface area contributed by atoms with Gasteiger partial charge in [0.05, 0.1) is 11.3 Å². The molecule has 11 heteroatoms. The van der Waals surface area contributed by atoms with Crippen LogP contribution in [0.3, 0.4) is 0 Å². The molecule has 3 N–H and O–H groups in total. The first kappa shape index (κ1) is 22.7. The van der Waals surface area contributed by atoms with Crippen molar-refractivity contribution in [3.63, 3.8) is 0 Å². The Labute approximate surface area is 186 Å². The van der Waals surface area contributed by atoms with Crippen LogP contribution in [0.5, 0.6) is 0 Å². The molecule has 4 rings (SSSR count). The van der Waals surface area contributed by atoms with Crippen LogP contribution in [-0.2, 0) is 22.7 Å². The van der Waals surface area contributed by atoms with Gasteiger partial charge in [0.1, 0.15) is 16.9 Å². The molecular formula is C22H17F4N3O3S. The summed E-state index contributed by atoms with van der Waals surface area (Å²) in [5, 5.41) is 5.44. The van der Waals surface area contributed by atoms with E-state index in [4.69, 9.17) is 0 Å². The Balaban J connectivity index is 1.50. The van der Waals surface area contributed by atoms with Gasteiger partial charge in [0.2, 0.25) is 10.0 Å². The molecular weight excluding hydrogens is 462 g/mol. The highest BCUT2D eigenvalue weighted by Gasteiger charge is 2.35. The number of benzene rings is 3. The summed E-state index contributed by atoms with van der Waals surface area (Å²) in [4.78, 5) is 12.1. The van der Waals surface area contributed by atoms with E-state index in [2.05, 4.69) is 15.4 Å². The topological polar surface area (TPSA) is 87.3 Å². The zero-order valence-corrected chi connectivity index (χ0v) is 17.6. The number of amides is 1. The maximum Gasteiger partial charge on any atom is 0.416 e. The molecule has 3 aromatic carbocycles. The van der Waals surface area contributed by atoms with Crippen LogP contribution in [0.4, 0.5) is 23.2 Å². The number of carbonyl (C=O) groups excluding carboxylic acids is 1. The second kappa shape index (κ2) is 8.49. The second-order valence-corrected chi connectivity index (χ2v) is 9.02. The van der Waals surface area contributed by atoms with E-state index in [0.29, 0.717) is 22.8 Å². The monoisotopic (exact) mass is 479 g/mol. The second-order valence-electron chi connectivity index (χ2n) is 7.34. The lowest BCUT2D eigenvalue weighted by molar-refractivity contribution is -0.137. The summed E-state index contributed by atoms with van der Waals surface area (Å²) >= 11 is 0. The van der Waals surface area contributed by atoms with Crippen molar-refractivity contribution in [3.8, 4) is 0 Å². The van der Waals surface area contributed by atoms with Crippen molar-refractivity contribution in [2.45, 2.75) is 23.8 Å². The Bertz CT molecular complexity index is 1290. The van der Waals surface area contributed by atoms with Gasteiger partial charge in [0.15, 0.2) is 0 Å². The van der Waals surface area contributed by atoms with E-state index >= 15 is 0 Å². The Morgan fingerprint density at radius 2 is 1.64 bits per heavy atom. The van der Waals surface area contributed by atoms with Crippen molar-refractivity contribution in [2.24, 2.45) is 0 Å². The molecule has 0 radical (unpaired) electrons. The third-order valence-corrected chi connectivity index (χ3v) is 6.52. The molecule has 0 aromatic heterocycles. The number of sulfonamides is 1. The predicted molar refractivity (Wildman–Crippen MR) is 112 cm³/mol. The third-order valence-electron chi connectivity index (χ3n) is 5.04. The highest BCUT2D eigenvalue weighted by atomic mass is 32.2. The smallest absolute Gasteiger partial charge is 0.364 e. The fourth-order valence-electron chi connectivity index (χ4n) is 3.32. The summed E-state index contributed by atoms with van der Waals surface area (Å²) < 4.78 is 79.5. The number of anilines is 1. The molecule has 1 aliphatic rings. The Hall–Kier alpha value is -3.44. The molecule has 0 aliphatic carbocycles. The molecule has 1 atom stereocenters. The standard InChI is InChI=1S/C22H17F4N3O3S/c23-17-8-1-13(2-9-17)12-27-21(30)15-5-3-14(4-6-15)20-28-18-11-16(22(24,25)26)7-10-19(18)33(31,32)29-20/h1-11,20,28-29H,12H2,(H,27,30)/t20-/m1/s1. The number of nitrogens with one attached hydrogen (secondary N) is 3. The quantitative estimate of drug-likeness (QED) is 0.490. The van der Waals surface area contributed by atoms with E-state index in [-0.39, 0.29) is 22.9 Å². The molecule has 1 heterocycles. The van der Waals surface area contributed by atoms with Gasteiger partial charge < -0.3 is 10.6 Å². The lowest BCUT2D eigenvalue weighted by Crippen LogP contribution is -2.38. The van der Waals surface area contributed by atoms with Crippen molar-refractivity contribution in [1.82, 2.24) is 10.0 Å². The van der Waals surface area contributed by atoms with E-state index in [9.17, 15) is 30.8 Å². The number of hydrogen-bond donors (Lipinski definition) is 3. The fraction of sp³-hybridized carbons (Fsp3) is 0.136. The van der Waals surface area contributed by atoms with Crippen LogP contribution >= 0.6 is 0 Å². The average molecular weight is 479 g/mol. The number of hydrogen-bond acceptors (Lipinski definition) is 4. The van der Waals surface area contributed by atoms with Gasteiger partial charge in [-0.2, -0.15) is 17.9 Å². The molecule has 33 heavy (non-hydrogen) atoms. The number of carbonyl (C=O) groups is 1. The molecule has 1 amide bonds. The Morgan fingerprint density at radius 1 is 0.970 bits per heavy atom. The van der Waals surface area contributed by atoms with E-state index in [1.807, 2.05) is 0 Å². The minimum atomic E-state index is -4.62. The maximum atomic E-state index is 13.0. The van der Waals surface area contributed by atoms with Crippen LogP contribution in [0, 0.1) is 5.82 Å². The van der Waals surface area contributed by atoms with Gasteiger partial charge in [-0.25, -0.2) is 12.8 Å². The average Bonchev–Trinajstić information content (AvgIpc) is 2.77. The van der Waals surface area contributed by atoms with Gasteiger partial charge in [-0.3, -0.25) is 4.79 Å². The number of fused-ring (bicyclic) bond motifs is 1. The first-order valence-electron chi connectivity index (χ1n) is 9.66. The van der Waals surface area contributed by atoms with Crippen LogP contribution < -0.4 is 15.4 Å². The Morgan fingerprint density at radius 3 is 2.27 bits per heavy atom. The minimum Gasteiger partial charge on any atom is -0.364 e. The van der Waals surface area contributed by atoms with Crippen molar-refractivity contribution in [3.05, 3.63) is 94.8 Å². The molecule has 1 aliphatic heterocycles. The highest BCUT2D eigenvalue weighted by molar-refractivity contribution is 7.89. The van der Waals surface area contributed by atoms with Crippen molar-refractivity contribution in [2.75, 3.05) is 5.32 Å². The number of alkyl halides is 3. The summed E-state index contributed by atoms with van der Waals surface area (Å²) in [6, 6.07) is 13.9. The minimum absolute atomic E-state index is 0.172. The van der Waals surface area contributed by atoms with Gasteiger partial charge >= 0.3 is 6.18 Å². The van der Waals surface area contributed by atoms with Crippen molar-refractivity contribution in [1.29, 1.82) is 0 Å². The molecule has 0 saturated heterocycles.